The van der Waals surface area contributed by atoms with Crippen molar-refractivity contribution in [3.63, 3.8) is 0 Å². The number of hydrazine groups is 1. The lowest BCUT2D eigenvalue weighted by molar-refractivity contribution is 0.00962. The largest absolute Gasteiger partial charge is 0.444 e. The van der Waals surface area contributed by atoms with Crippen LogP contribution in [0.3, 0.4) is 0 Å². The topological polar surface area (TPSA) is 99.8 Å². The monoisotopic (exact) mass is 494 g/mol. The molecule has 2 aromatic carbocycles. The molecule has 1 aliphatic heterocycles. The Labute approximate surface area is 200 Å². The number of alkyl halides is 1. The van der Waals surface area contributed by atoms with Gasteiger partial charge in [0.2, 0.25) is 0 Å². The number of benzene rings is 2. The van der Waals surface area contributed by atoms with Crippen LogP contribution in [-0.4, -0.2) is 43.6 Å². The molecule has 0 aliphatic carbocycles. The SMILES string of the molecule is Cc1ccc(S(=O)(=O)NNCc2ccccc2C2C(Cl)NCCN2C(=O)OC(C)(C)C)cc1. The second-order valence-corrected chi connectivity index (χ2v) is 11.1. The van der Waals surface area contributed by atoms with Crippen molar-refractivity contribution in [1.82, 2.24) is 20.5 Å². The normalized spacial score (nSPS) is 19.4. The third-order valence-electron chi connectivity index (χ3n) is 5.12. The van der Waals surface area contributed by atoms with Crippen LogP contribution in [0.5, 0.6) is 0 Å². The van der Waals surface area contributed by atoms with E-state index < -0.39 is 33.3 Å². The number of aryl methyl sites for hydroxylation is 1. The summed E-state index contributed by atoms with van der Waals surface area (Å²) < 4.78 is 30.7. The first-order valence-electron chi connectivity index (χ1n) is 10.7. The van der Waals surface area contributed by atoms with Gasteiger partial charge in [-0.05, 0) is 51.0 Å². The van der Waals surface area contributed by atoms with E-state index in [1.807, 2.05) is 52.0 Å². The summed E-state index contributed by atoms with van der Waals surface area (Å²) in [6.45, 7) is 8.52. The van der Waals surface area contributed by atoms with Crippen molar-refractivity contribution in [2.75, 3.05) is 13.1 Å². The predicted octanol–water partition coefficient (Wildman–Crippen LogP) is 3.42. The molecular formula is C23H31ClN4O4S. The molecule has 1 saturated heterocycles. The lowest BCUT2D eigenvalue weighted by Crippen LogP contribution is -2.53. The molecular weight excluding hydrogens is 464 g/mol. The Bertz CT molecular complexity index is 1070. The van der Waals surface area contributed by atoms with Crippen LogP contribution in [0.25, 0.3) is 0 Å². The maximum Gasteiger partial charge on any atom is 0.410 e. The molecule has 33 heavy (non-hydrogen) atoms. The van der Waals surface area contributed by atoms with Gasteiger partial charge in [0.1, 0.15) is 11.1 Å². The minimum atomic E-state index is -3.72. The highest BCUT2D eigenvalue weighted by atomic mass is 35.5. The third-order valence-corrected chi connectivity index (χ3v) is 6.82. The van der Waals surface area contributed by atoms with Crippen molar-refractivity contribution in [2.24, 2.45) is 0 Å². The quantitative estimate of drug-likeness (QED) is 0.323. The van der Waals surface area contributed by atoms with Crippen molar-refractivity contribution < 1.29 is 17.9 Å². The van der Waals surface area contributed by atoms with Gasteiger partial charge in [-0.3, -0.25) is 10.2 Å². The van der Waals surface area contributed by atoms with Crippen molar-refractivity contribution in [3.8, 4) is 0 Å². The number of hydrogen-bond donors (Lipinski definition) is 3. The lowest BCUT2D eigenvalue weighted by atomic mass is 9.97. The molecule has 1 aliphatic rings. The number of sulfonamides is 1. The van der Waals surface area contributed by atoms with Gasteiger partial charge in [0, 0.05) is 19.6 Å². The summed E-state index contributed by atoms with van der Waals surface area (Å²) >= 11 is 6.61. The minimum absolute atomic E-state index is 0.169. The van der Waals surface area contributed by atoms with E-state index in [0.717, 1.165) is 16.7 Å². The fourth-order valence-corrected chi connectivity index (χ4v) is 4.82. The Morgan fingerprint density at radius 2 is 1.85 bits per heavy atom. The molecule has 2 aromatic rings. The number of piperazine rings is 1. The predicted molar refractivity (Wildman–Crippen MR) is 128 cm³/mol. The van der Waals surface area contributed by atoms with E-state index in [1.165, 1.54) is 0 Å². The summed E-state index contributed by atoms with van der Waals surface area (Å²) in [5.74, 6) is 0. The molecule has 0 saturated carbocycles. The number of ether oxygens (including phenoxy) is 1. The number of amides is 1. The van der Waals surface area contributed by atoms with E-state index in [4.69, 9.17) is 16.3 Å². The summed E-state index contributed by atoms with van der Waals surface area (Å²) in [7, 11) is -3.72. The maximum atomic E-state index is 12.9. The van der Waals surface area contributed by atoms with Gasteiger partial charge in [0.05, 0.1) is 10.9 Å². The smallest absolute Gasteiger partial charge is 0.410 e. The average molecular weight is 495 g/mol. The molecule has 0 radical (unpaired) electrons. The number of carbonyl (C=O) groups excluding carboxylic acids is 1. The molecule has 180 valence electrons. The Kier molecular flexibility index (Phi) is 8.02. The molecule has 1 amide bonds. The van der Waals surface area contributed by atoms with Gasteiger partial charge in [-0.2, -0.15) is 0 Å². The van der Waals surface area contributed by atoms with Crippen LogP contribution in [0.15, 0.2) is 53.4 Å². The Balaban J connectivity index is 1.78. The first-order chi connectivity index (χ1) is 15.5. The Morgan fingerprint density at radius 3 is 2.52 bits per heavy atom. The molecule has 2 unspecified atom stereocenters. The number of halogens is 1. The zero-order valence-electron chi connectivity index (χ0n) is 19.3. The zero-order valence-corrected chi connectivity index (χ0v) is 20.8. The van der Waals surface area contributed by atoms with Gasteiger partial charge >= 0.3 is 6.09 Å². The molecule has 10 heteroatoms. The second kappa shape index (κ2) is 10.4. The first-order valence-corrected chi connectivity index (χ1v) is 12.7. The first kappa shape index (κ1) is 25.5. The van der Waals surface area contributed by atoms with Crippen molar-refractivity contribution in [1.29, 1.82) is 0 Å². The highest BCUT2D eigenvalue weighted by Gasteiger charge is 2.37. The highest BCUT2D eigenvalue weighted by molar-refractivity contribution is 7.89. The number of hydrogen-bond acceptors (Lipinski definition) is 6. The number of carbonyl (C=O) groups is 1. The van der Waals surface area contributed by atoms with Crippen LogP contribution in [0.2, 0.25) is 0 Å². The second-order valence-electron chi connectivity index (χ2n) is 8.95. The summed E-state index contributed by atoms with van der Waals surface area (Å²) in [6, 6.07) is 13.6. The molecule has 3 N–H and O–H groups in total. The van der Waals surface area contributed by atoms with Crippen LogP contribution in [-0.2, 0) is 21.3 Å². The Hall–Kier alpha value is -2.17. The Morgan fingerprint density at radius 1 is 1.18 bits per heavy atom. The molecule has 1 heterocycles. The summed E-state index contributed by atoms with van der Waals surface area (Å²) in [4.78, 5) is 17.1. The number of nitrogens with one attached hydrogen (secondary N) is 3. The molecule has 0 spiro atoms. The van der Waals surface area contributed by atoms with Gasteiger partial charge in [0.15, 0.2) is 0 Å². The molecule has 0 aromatic heterocycles. The van der Waals surface area contributed by atoms with E-state index in [-0.39, 0.29) is 11.4 Å². The minimum Gasteiger partial charge on any atom is -0.444 e. The average Bonchev–Trinajstić information content (AvgIpc) is 2.73. The highest BCUT2D eigenvalue weighted by Crippen LogP contribution is 2.32. The number of nitrogens with zero attached hydrogens (tertiary/aromatic N) is 1. The lowest BCUT2D eigenvalue weighted by Gasteiger charge is -2.40. The number of rotatable bonds is 6. The maximum absolute atomic E-state index is 12.9. The van der Waals surface area contributed by atoms with E-state index in [1.54, 1.807) is 29.2 Å². The fourth-order valence-electron chi connectivity index (χ4n) is 3.57. The van der Waals surface area contributed by atoms with E-state index in [9.17, 15) is 13.2 Å². The molecule has 1 fully saturated rings. The van der Waals surface area contributed by atoms with Gasteiger partial charge in [-0.1, -0.05) is 42.0 Å². The van der Waals surface area contributed by atoms with Crippen LogP contribution >= 0.6 is 11.6 Å². The zero-order chi connectivity index (χ0) is 24.2. The van der Waals surface area contributed by atoms with Crippen molar-refractivity contribution in [2.45, 2.75) is 56.3 Å². The van der Waals surface area contributed by atoms with Crippen LogP contribution in [0.1, 0.15) is 43.5 Å². The van der Waals surface area contributed by atoms with Gasteiger partial charge in [-0.15, -0.1) is 16.4 Å². The molecule has 3 rings (SSSR count). The van der Waals surface area contributed by atoms with Gasteiger partial charge < -0.3 is 4.74 Å². The fraction of sp³-hybridized carbons (Fsp3) is 0.435. The summed E-state index contributed by atoms with van der Waals surface area (Å²) in [5, 5.41) is 3.20. The van der Waals surface area contributed by atoms with Gasteiger partial charge in [-0.25, -0.2) is 18.6 Å². The van der Waals surface area contributed by atoms with E-state index in [2.05, 4.69) is 15.6 Å². The van der Waals surface area contributed by atoms with Gasteiger partial charge in [0.25, 0.3) is 10.0 Å². The molecule has 8 nitrogen and oxygen atoms in total. The van der Waals surface area contributed by atoms with Crippen molar-refractivity contribution >= 4 is 27.7 Å². The molecule has 2 atom stereocenters. The summed E-state index contributed by atoms with van der Waals surface area (Å²) in [6.07, 6.45) is -0.442. The summed E-state index contributed by atoms with van der Waals surface area (Å²) in [5.41, 5.74) is 4.21. The van der Waals surface area contributed by atoms with Crippen LogP contribution < -0.4 is 15.6 Å². The van der Waals surface area contributed by atoms with E-state index in [0.29, 0.717) is 13.1 Å². The molecule has 0 bridgehead atoms. The standard InChI is InChI=1S/C23H31ClN4O4S/c1-16-9-11-18(12-10-16)33(30,31)27-26-15-17-7-5-6-8-19(17)20-21(24)25-13-14-28(20)22(29)32-23(2,3)4/h5-12,20-21,25-27H,13-15H2,1-4H3. The van der Waals surface area contributed by atoms with Crippen LogP contribution in [0, 0.1) is 6.92 Å². The third kappa shape index (κ3) is 6.68. The van der Waals surface area contributed by atoms with Crippen LogP contribution in [0.4, 0.5) is 4.79 Å². The van der Waals surface area contributed by atoms with E-state index >= 15 is 0 Å². The van der Waals surface area contributed by atoms with Crippen molar-refractivity contribution in [3.05, 3.63) is 65.2 Å².